The maximum atomic E-state index is 6.09. The van der Waals surface area contributed by atoms with Crippen molar-refractivity contribution in [3.05, 3.63) is 64.1 Å². The third-order valence-corrected chi connectivity index (χ3v) is 3.83. The molecule has 2 aromatic rings. The summed E-state index contributed by atoms with van der Waals surface area (Å²) in [5, 5.41) is 1.17. The maximum Gasteiger partial charge on any atom is 0.138 e. The maximum absolute atomic E-state index is 6.09. The molecule has 2 nitrogen and oxygen atoms in total. The number of hydrogen-bond acceptors (Lipinski definition) is 1. The van der Waals surface area contributed by atoms with Gasteiger partial charge in [0.1, 0.15) is 25.4 Å². The highest BCUT2D eigenvalue weighted by Gasteiger charge is 2.16. The summed E-state index contributed by atoms with van der Waals surface area (Å²) in [6, 6.07) is 15.8. The van der Waals surface area contributed by atoms with Crippen molar-refractivity contribution in [3.63, 3.8) is 0 Å². The Kier molecular flexibility index (Phi) is 7.70. The van der Waals surface area contributed by atoms with E-state index in [2.05, 4.69) is 38.4 Å². The van der Waals surface area contributed by atoms with Crippen LogP contribution >= 0.6 is 23.2 Å². The number of halogens is 3. The summed E-state index contributed by atoms with van der Waals surface area (Å²) < 4.78 is 6.62. The van der Waals surface area contributed by atoms with Crippen molar-refractivity contribution >= 4 is 23.2 Å². The highest BCUT2D eigenvalue weighted by molar-refractivity contribution is 6.35. The summed E-state index contributed by atoms with van der Waals surface area (Å²) in [4.78, 5) is 0. The normalized spacial score (nSPS) is 10.9. The lowest BCUT2D eigenvalue weighted by atomic mass is 10.2. The average Bonchev–Trinajstić information content (AvgIpc) is 2.42. The number of quaternary nitrogens is 1. The summed E-state index contributed by atoms with van der Waals surface area (Å²) in [6.45, 7) is 2.48. The fourth-order valence-electron chi connectivity index (χ4n) is 2.15. The van der Waals surface area contributed by atoms with E-state index in [1.54, 1.807) is 12.1 Å². The second kappa shape index (κ2) is 8.78. The molecule has 0 aliphatic carbocycles. The molecule has 0 aliphatic heterocycles. The number of hydrogen-bond donors (Lipinski definition) is 0. The van der Waals surface area contributed by atoms with Crippen LogP contribution < -0.4 is 21.7 Å². The zero-order valence-electron chi connectivity index (χ0n) is 12.7. The Hall–Kier alpha value is -0.740. The van der Waals surface area contributed by atoms with Gasteiger partial charge in [0.15, 0.2) is 0 Å². The van der Waals surface area contributed by atoms with E-state index in [4.69, 9.17) is 27.9 Å². The molecule has 22 heavy (non-hydrogen) atoms. The average molecular weight is 405 g/mol. The third kappa shape index (κ3) is 6.17. The molecule has 0 heterocycles. The molecule has 0 unspecified atom stereocenters. The zero-order chi connectivity index (χ0) is 15.3. The predicted octanol–water partition coefficient (Wildman–Crippen LogP) is 1.65. The van der Waals surface area contributed by atoms with Gasteiger partial charge in [-0.1, -0.05) is 53.5 Å². The van der Waals surface area contributed by atoms with Crippen LogP contribution in [0.2, 0.25) is 10.0 Å². The van der Waals surface area contributed by atoms with E-state index in [9.17, 15) is 0 Å². The lowest BCUT2D eigenvalue weighted by Gasteiger charge is -2.29. The van der Waals surface area contributed by atoms with E-state index >= 15 is 0 Å². The Morgan fingerprint density at radius 2 is 1.68 bits per heavy atom. The molecule has 0 N–H and O–H groups in total. The van der Waals surface area contributed by atoms with Crippen molar-refractivity contribution in [2.24, 2.45) is 0 Å². The zero-order valence-corrected chi connectivity index (χ0v) is 15.8. The molecule has 120 valence electrons. The van der Waals surface area contributed by atoms with Crippen LogP contribution in [0.3, 0.4) is 0 Å². The van der Waals surface area contributed by atoms with Crippen molar-refractivity contribution in [3.8, 4) is 5.75 Å². The molecule has 5 heteroatoms. The van der Waals surface area contributed by atoms with Gasteiger partial charge in [0.05, 0.1) is 19.1 Å². The van der Waals surface area contributed by atoms with Crippen molar-refractivity contribution < 1.29 is 26.2 Å². The van der Waals surface area contributed by atoms with Gasteiger partial charge >= 0.3 is 0 Å². The molecule has 0 aromatic heterocycles. The van der Waals surface area contributed by atoms with E-state index in [0.717, 1.165) is 17.6 Å². The molecule has 0 spiro atoms. The van der Waals surface area contributed by atoms with Crippen molar-refractivity contribution in [1.29, 1.82) is 0 Å². The highest BCUT2D eigenvalue weighted by atomic mass is 79.9. The molecule has 0 saturated carbocycles. The first-order valence-corrected chi connectivity index (χ1v) is 7.66. The van der Waals surface area contributed by atoms with Gasteiger partial charge in [-0.15, -0.1) is 0 Å². The molecule has 0 radical (unpaired) electrons. The number of nitrogens with zero attached hydrogens (tertiary/aromatic N) is 1. The van der Waals surface area contributed by atoms with Crippen molar-refractivity contribution in [2.75, 3.05) is 27.2 Å². The molecule has 0 fully saturated rings. The number of rotatable bonds is 6. The topological polar surface area (TPSA) is 9.23 Å². The van der Waals surface area contributed by atoms with Gasteiger partial charge in [0.25, 0.3) is 0 Å². The highest BCUT2D eigenvalue weighted by Crippen LogP contribution is 2.27. The molecule has 0 bridgehead atoms. The third-order valence-electron chi connectivity index (χ3n) is 3.30. The van der Waals surface area contributed by atoms with Crippen LogP contribution in [-0.4, -0.2) is 31.7 Å². The van der Waals surface area contributed by atoms with Crippen LogP contribution in [0, 0.1) is 0 Å². The lowest BCUT2D eigenvalue weighted by molar-refractivity contribution is -0.903. The largest absolute Gasteiger partial charge is 1.00 e. The Bertz CT molecular complexity index is 590. The Labute approximate surface area is 153 Å². The summed E-state index contributed by atoms with van der Waals surface area (Å²) in [5.74, 6) is 0.681. The number of benzene rings is 2. The van der Waals surface area contributed by atoms with Gasteiger partial charge in [0, 0.05) is 10.6 Å². The molecule has 0 saturated heterocycles. The number of ether oxygens (including phenoxy) is 1. The molecular weight excluding hydrogens is 385 g/mol. The first-order valence-electron chi connectivity index (χ1n) is 6.90. The van der Waals surface area contributed by atoms with Gasteiger partial charge in [-0.05, 0) is 18.2 Å². The SMILES string of the molecule is C[N+](C)(CCOc1ccc(Cl)cc1Cl)Cc1ccccc1.[Br-]. The quantitative estimate of drug-likeness (QED) is 0.665. The molecule has 2 rings (SSSR count). The summed E-state index contributed by atoms with van der Waals surface area (Å²) in [6.07, 6.45) is 0. The standard InChI is InChI=1S/C17H20Cl2NO.BrH/c1-20(2,13-14-6-4-3-5-7-14)10-11-21-17-9-8-15(18)12-16(17)19;/h3-9,12H,10-11,13H2,1-2H3;1H/q+1;/p-1. The number of likely N-dealkylation sites (N-methyl/N-ethyl adjacent to an activating group) is 1. The van der Waals surface area contributed by atoms with Gasteiger partial charge in [0.2, 0.25) is 0 Å². The van der Waals surface area contributed by atoms with Gasteiger partial charge < -0.3 is 26.2 Å². The van der Waals surface area contributed by atoms with Crippen molar-refractivity contribution in [1.82, 2.24) is 0 Å². The second-order valence-corrected chi connectivity index (χ2v) is 6.57. The van der Waals surface area contributed by atoms with Crippen LogP contribution in [0.1, 0.15) is 5.56 Å². The van der Waals surface area contributed by atoms with Crippen LogP contribution in [0.4, 0.5) is 0 Å². The van der Waals surface area contributed by atoms with E-state index in [1.165, 1.54) is 5.56 Å². The van der Waals surface area contributed by atoms with Crippen LogP contribution in [0.15, 0.2) is 48.5 Å². The summed E-state index contributed by atoms with van der Waals surface area (Å²) >= 11 is 12.0. The lowest BCUT2D eigenvalue weighted by Crippen LogP contribution is -3.00. The Morgan fingerprint density at radius 3 is 2.32 bits per heavy atom. The minimum Gasteiger partial charge on any atom is -1.00 e. The first kappa shape index (κ1) is 19.3. The van der Waals surface area contributed by atoms with Crippen LogP contribution in [-0.2, 0) is 6.54 Å². The molecule has 0 aliphatic rings. The minimum absolute atomic E-state index is 0. The van der Waals surface area contributed by atoms with E-state index in [1.807, 2.05) is 12.1 Å². The second-order valence-electron chi connectivity index (χ2n) is 5.73. The van der Waals surface area contributed by atoms with Crippen molar-refractivity contribution in [2.45, 2.75) is 6.54 Å². The summed E-state index contributed by atoms with van der Waals surface area (Å²) in [5.41, 5.74) is 1.33. The predicted molar refractivity (Wildman–Crippen MR) is 89.1 cm³/mol. The van der Waals surface area contributed by atoms with Crippen LogP contribution in [0.5, 0.6) is 5.75 Å². The van der Waals surface area contributed by atoms with Gasteiger partial charge in [-0.2, -0.15) is 0 Å². The van der Waals surface area contributed by atoms with Gasteiger partial charge in [-0.3, -0.25) is 0 Å². The molecule has 0 amide bonds. The fraction of sp³-hybridized carbons (Fsp3) is 0.294. The summed E-state index contributed by atoms with van der Waals surface area (Å²) in [7, 11) is 4.39. The molecule has 2 aromatic carbocycles. The fourth-order valence-corrected chi connectivity index (χ4v) is 2.61. The Morgan fingerprint density at radius 1 is 1.00 bits per heavy atom. The monoisotopic (exact) mass is 403 g/mol. The molecule has 0 atom stereocenters. The molecular formula is C17H20BrCl2NO. The van der Waals surface area contributed by atoms with Gasteiger partial charge in [-0.25, -0.2) is 0 Å². The smallest absolute Gasteiger partial charge is 0.138 e. The van der Waals surface area contributed by atoms with E-state index < -0.39 is 0 Å². The van der Waals surface area contributed by atoms with Crippen LogP contribution in [0.25, 0.3) is 0 Å². The first-order chi connectivity index (χ1) is 9.96. The Balaban J connectivity index is 0.00000242. The minimum atomic E-state index is 0. The van der Waals surface area contributed by atoms with E-state index in [0.29, 0.717) is 22.4 Å². The van der Waals surface area contributed by atoms with E-state index in [-0.39, 0.29) is 17.0 Å².